The van der Waals surface area contributed by atoms with Crippen molar-refractivity contribution in [2.24, 2.45) is 4.99 Å². The highest BCUT2D eigenvalue weighted by molar-refractivity contribution is 7.09. The molecule has 16 heavy (non-hydrogen) atoms. The quantitative estimate of drug-likeness (QED) is 0.839. The summed E-state index contributed by atoms with van der Waals surface area (Å²) in [5.41, 5.74) is 2.35. The van der Waals surface area contributed by atoms with E-state index in [0.29, 0.717) is 0 Å². The zero-order valence-electron chi connectivity index (χ0n) is 8.76. The van der Waals surface area contributed by atoms with Gasteiger partial charge in [-0.2, -0.15) is 0 Å². The first-order valence-corrected chi connectivity index (χ1v) is 6.21. The lowest BCUT2D eigenvalue weighted by Gasteiger charge is -2.20. The zero-order chi connectivity index (χ0) is 10.8. The van der Waals surface area contributed by atoms with Gasteiger partial charge in [0.1, 0.15) is 6.17 Å². The number of thiophene rings is 1. The second-order valence-electron chi connectivity index (χ2n) is 3.81. The average Bonchev–Trinajstić information content (AvgIpc) is 2.82. The molecule has 0 fully saturated rings. The zero-order valence-corrected chi connectivity index (χ0v) is 9.58. The van der Waals surface area contributed by atoms with Crippen LogP contribution in [-0.4, -0.2) is 12.4 Å². The summed E-state index contributed by atoms with van der Waals surface area (Å²) < 4.78 is 0. The summed E-state index contributed by atoms with van der Waals surface area (Å²) in [6.07, 6.45) is 3.10. The molecule has 0 saturated carbocycles. The Morgan fingerprint density at radius 1 is 1.19 bits per heavy atom. The summed E-state index contributed by atoms with van der Waals surface area (Å²) in [5.74, 6) is 0. The van der Waals surface area contributed by atoms with Gasteiger partial charge in [-0.3, -0.25) is 4.99 Å². The van der Waals surface area contributed by atoms with Crippen LogP contribution in [0.2, 0.25) is 0 Å². The Morgan fingerprint density at radius 2 is 2.12 bits per heavy atom. The maximum atomic E-state index is 4.52. The van der Waals surface area contributed by atoms with Gasteiger partial charge in [0.25, 0.3) is 0 Å². The first kappa shape index (κ1) is 9.60. The minimum Gasteiger partial charge on any atom is -0.363 e. The summed E-state index contributed by atoms with van der Waals surface area (Å²) in [6, 6.07) is 12.5. The van der Waals surface area contributed by atoms with Gasteiger partial charge in [0.15, 0.2) is 0 Å². The molecule has 0 aliphatic carbocycles. The highest BCUT2D eigenvalue weighted by Crippen LogP contribution is 2.21. The van der Waals surface area contributed by atoms with E-state index in [2.05, 4.69) is 40.0 Å². The summed E-state index contributed by atoms with van der Waals surface area (Å²) in [5, 5.41) is 5.55. The van der Waals surface area contributed by atoms with E-state index < -0.39 is 0 Å². The number of rotatable bonds is 2. The van der Waals surface area contributed by atoms with Gasteiger partial charge in [-0.25, -0.2) is 0 Å². The molecular weight excluding hydrogens is 216 g/mol. The molecule has 1 atom stereocenters. The molecule has 1 aliphatic rings. The number of nitrogens with one attached hydrogen (secondary N) is 1. The molecule has 1 unspecified atom stereocenters. The van der Waals surface area contributed by atoms with Gasteiger partial charge >= 0.3 is 0 Å². The molecule has 2 aromatic rings. The van der Waals surface area contributed by atoms with Crippen molar-refractivity contribution in [3.05, 3.63) is 52.2 Å². The molecule has 2 nitrogen and oxygen atoms in total. The fourth-order valence-electron chi connectivity index (χ4n) is 1.85. The normalized spacial score (nSPS) is 17.9. The van der Waals surface area contributed by atoms with Crippen LogP contribution < -0.4 is 5.32 Å². The molecule has 1 N–H and O–H groups in total. The van der Waals surface area contributed by atoms with Crippen LogP contribution in [0.1, 0.15) is 10.4 Å². The van der Waals surface area contributed by atoms with Crippen LogP contribution in [0.5, 0.6) is 0 Å². The molecule has 0 bridgehead atoms. The number of hydrogen-bond acceptors (Lipinski definition) is 3. The highest BCUT2D eigenvalue weighted by atomic mass is 32.1. The molecule has 2 heterocycles. The smallest absolute Gasteiger partial charge is 0.123 e. The summed E-state index contributed by atoms with van der Waals surface area (Å²) in [7, 11) is 0. The fraction of sp³-hybridized carbons (Fsp3) is 0.154. The van der Waals surface area contributed by atoms with Gasteiger partial charge in [-0.05, 0) is 17.5 Å². The van der Waals surface area contributed by atoms with Crippen LogP contribution in [0.3, 0.4) is 0 Å². The first-order chi connectivity index (χ1) is 7.92. The minimum atomic E-state index is 0.175. The highest BCUT2D eigenvalue weighted by Gasteiger charge is 2.13. The molecule has 0 spiro atoms. The van der Waals surface area contributed by atoms with Crippen molar-refractivity contribution in [1.82, 2.24) is 0 Å². The van der Waals surface area contributed by atoms with E-state index in [1.165, 1.54) is 16.1 Å². The van der Waals surface area contributed by atoms with E-state index in [9.17, 15) is 0 Å². The number of aliphatic imine (C=N–C) groups is 1. The van der Waals surface area contributed by atoms with Crippen molar-refractivity contribution in [2.45, 2.75) is 12.6 Å². The third kappa shape index (κ3) is 1.86. The molecular formula is C13H12N2S. The molecule has 3 rings (SSSR count). The molecule has 1 aliphatic heterocycles. The lowest BCUT2D eigenvalue weighted by molar-refractivity contribution is 0.762. The molecule has 0 amide bonds. The maximum absolute atomic E-state index is 4.52. The van der Waals surface area contributed by atoms with Crippen molar-refractivity contribution in [2.75, 3.05) is 5.32 Å². The van der Waals surface area contributed by atoms with Gasteiger partial charge in [0.2, 0.25) is 0 Å². The van der Waals surface area contributed by atoms with Crippen LogP contribution in [-0.2, 0) is 6.42 Å². The lowest BCUT2D eigenvalue weighted by atomic mass is 10.1. The van der Waals surface area contributed by atoms with Crippen molar-refractivity contribution >= 4 is 23.2 Å². The number of fused-ring (bicyclic) bond motifs is 1. The molecule has 0 radical (unpaired) electrons. The molecule has 0 saturated heterocycles. The standard InChI is InChI=1S/C13H12N2S/c1-2-6-12-10(4-1)9-14-13(15-12)8-11-5-3-7-16-11/h1-7,9,13,15H,8H2. The van der Waals surface area contributed by atoms with Gasteiger partial charge in [-0.15, -0.1) is 11.3 Å². The Morgan fingerprint density at radius 3 is 3.00 bits per heavy atom. The number of para-hydroxylation sites is 1. The van der Waals surface area contributed by atoms with Crippen LogP contribution in [0.4, 0.5) is 5.69 Å². The Labute approximate surface area is 98.7 Å². The van der Waals surface area contributed by atoms with Crippen molar-refractivity contribution in [3.8, 4) is 0 Å². The number of nitrogens with zero attached hydrogens (tertiary/aromatic N) is 1. The third-order valence-corrected chi connectivity index (χ3v) is 3.55. The van der Waals surface area contributed by atoms with Crippen molar-refractivity contribution < 1.29 is 0 Å². The maximum Gasteiger partial charge on any atom is 0.123 e. The summed E-state index contributed by atoms with van der Waals surface area (Å²) in [6.45, 7) is 0. The Bertz CT molecular complexity index is 502. The third-order valence-electron chi connectivity index (χ3n) is 2.65. The second-order valence-corrected chi connectivity index (χ2v) is 4.84. The summed E-state index contributed by atoms with van der Waals surface area (Å²) >= 11 is 1.78. The minimum absolute atomic E-state index is 0.175. The van der Waals surface area contributed by atoms with Crippen molar-refractivity contribution in [3.63, 3.8) is 0 Å². The lowest BCUT2D eigenvalue weighted by Crippen LogP contribution is -2.23. The van der Waals surface area contributed by atoms with Gasteiger partial charge in [0.05, 0.1) is 0 Å². The molecule has 1 aromatic heterocycles. The van der Waals surface area contributed by atoms with Crippen LogP contribution in [0.25, 0.3) is 0 Å². The SMILES string of the molecule is C1=NC(Cc2cccs2)Nc2ccccc21. The Balaban J connectivity index is 1.78. The fourth-order valence-corrected chi connectivity index (χ4v) is 2.59. The van der Waals surface area contributed by atoms with Gasteiger partial charge < -0.3 is 5.32 Å². The topological polar surface area (TPSA) is 24.4 Å². The Hall–Kier alpha value is -1.61. The molecule has 80 valence electrons. The van der Waals surface area contributed by atoms with Gasteiger partial charge in [0, 0.05) is 28.8 Å². The van der Waals surface area contributed by atoms with Crippen LogP contribution in [0, 0.1) is 0 Å². The number of hydrogen-bond donors (Lipinski definition) is 1. The van der Waals surface area contributed by atoms with E-state index in [1.807, 2.05) is 18.3 Å². The number of benzene rings is 1. The van der Waals surface area contributed by atoms with Gasteiger partial charge in [-0.1, -0.05) is 24.3 Å². The predicted octanol–water partition coefficient (Wildman–Crippen LogP) is 3.16. The number of anilines is 1. The van der Waals surface area contributed by atoms with Crippen LogP contribution in [0.15, 0.2) is 46.8 Å². The Kier molecular flexibility index (Phi) is 2.46. The second kappa shape index (κ2) is 4.10. The van der Waals surface area contributed by atoms with Crippen molar-refractivity contribution in [1.29, 1.82) is 0 Å². The van der Waals surface area contributed by atoms with E-state index in [-0.39, 0.29) is 6.17 Å². The van der Waals surface area contributed by atoms with E-state index >= 15 is 0 Å². The molecule has 3 heteroatoms. The molecule has 1 aromatic carbocycles. The summed E-state index contributed by atoms with van der Waals surface area (Å²) in [4.78, 5) is 5.89. The largest absolute Gasteiger partial charge is 0.363 e. The average molecular weight is 228 g/mol. The first-order valence-electron chi connectivity index (χ1n) is 5.33. The van der Waals surface area contributed by atoms with E-state index in [0.717, 1.165) is 6.42 Å². The van der Waals surface area contributed by atoms with Crippen LogP contribution >= 0.6 is 11.3 Å². The monoisotopic (exact) mass is 228 g/mol. The van der Waals surface area contributed by atoms with E-state index in [1.54, 1.807) is 11.3 Å². The van der Waals surface area contributed by atoms with E-state index in [4.69, 9.17) is 0 Å². The predicted molar refractivity (Wildman–Crippen MR) is 69.5 cm³/mol.